The summed E-state index contributed by atoms with van der Waals surface area (Å²) >= 11 is 1.76. The molecular formula is C16H20N2S. The molecule has 2 unspecified atom stereocenters. The number of hydrogen-bond acceptors (Lipinski definition) is 3. The van der Waals surface area contributed by atoms with Crippen molar-refractivity contribution >= 4 is 11.3 Å². The maximum absolute atomic E-state index is 6.38. The molecule has 1 saturated heterocycles. The van der Waals surface area contributed by atoms with E-state index < -0.39 is 0 Å². The Morgan fingerprint density at radius 2 is 2.05 bits per heavy atom. The number of benzene rings is 1. The van der Waals surface area contributed by atoms with Gasteiger partial charge in [-0.3, -0.25) is 4.90 Å². The number of likely N-dealkylation sites (tertiary alicyclic amines) is 1. The maximum atomic E-state index is 6.38. The highest BCUT2D eigenvalue weighted by Crippen LogP contribution is 2.32. The normalized spacial score (nSPS) is 24.5. The number of piperidine rings is 1. The zero-order valence-electron chi connectivity index (χ0n) is 11.0. The van der Waals surface area contributed by atoms with Crippen LogP contribution in [0.4, 0.5) is 0 Å². The van der Waals surface area contributed by atoms with Gasteiger partial charge in [-0.15, -0.1) is 0 Å². The molecule has 2 aromatic rings. The van der Waals surface area contributed by atoms with Gasteiger partial charge in [-0.05, 0) is 47.3 Å². The van der Waals surface area contributed by atoms with E-state index in [4.69, 9.17) is 5.73 Å². The van der Waals surface area contributed by atoms with Gasteiger partial charge in [0.15, 0.2) is 0 Å². The predicted molar refractivity (Wildman–Crippen MR) is 81.1 cm³/mol. The van der Waals surface area contributed by atoms with Gasteiger partial charge < -0.3 is 5.73 Å². The average molecular weight is 272 g/mol. The third kappa shape index (κ3) is 2.89. The van der Waals surface area contributed by atoms with E-state index >= 15 is 0 Å². The number of nitrogens with two attached hydrogens (primary N) is 1. The van der Waals surface area contributed by atoms with Crippen molar-refractivity contribution in [3.8, 4) is 0 Å². The van der Waals surface area contributed by atoms with Gasteiger partial charge in [0.25, 0.3) is 0 Å². The van der Waals surface area contributed by atoms with Crippen molar-refractivity contribution < 1.29 is 0 Å². The third-order valence-electron chi connectivity index (χ3n) is 3.89. The maximum Gasteiger partial charge on any atom is 0.0510 e. The van der Waals surface area contributed by atoms with Gasteiger partial charge in [-0.25, -0.2) is 0 Å². The Hall–Kier alpha value is -1.16. The van der Waals surface area contributed by atoms with Crippen molar-refractivity contribution in [2.45, 2.75) is 31.5 Å². The van der Waals surface area contributed by atoms with Gasteiger partial charge >= 0.3 is 0 Å². The summed E-state index contributed by atoms with van der Waals surface area (Å²) in [6.07, 6.45) is 2.33. The van der Waals surface area contributed by atoms with Crippen LogP contribution in [0.25, 0.3) is 0 Å². The highest BCUT2D eigenvalue weighted by molar-refractivity contribution is 7.07. The van der Waals surface area contributed by atoms with Crippen LogP contribution in [0, 0.1) is 0 Å². The summed E-state index contributed by atoms with van der Waals surface area (Å²) in [4.78, 5) is 2.53. The second-order valence-corrected chi connectivity index (χ2v) is 6.04. The summed E-state index contributed by atoms with van der Waals surface area (Å²) in [5.74, 6) is 0. The standard InChI is InChI=1S/C16H20N2S/c17-15-7-4-9-18(11-13-5-2-1-3-6-13)16(15)14-8-10-19-12-14/h1-3,5-6,8,10,12,15-16H,4,7,9,11,17H2. The van der Waals surface area contributed by atoms with E-state index in [0.717, 1.165) is 19.5 Å². The molecule has 1 aromatic heterocycles. The van der Waals surface area contributed by atoms with E-state index in [1.165, 1.54) is 17.5 Å². The fourth-order valence-electron chi connectivity index (χ4n) is 2.99. The predicted octanol–water partition coefficient (Wildman–Crippen LogP) is 3.41. The highest BCUT2D eigenvalue weighted by atomic mass is 32.1. The van der Waals surface area contributed by atoms with Gasteiger partial charge in [-0.1, -0.05) is 30.3 Å². The third-order valence-corrected chi connectivity index (χ3v) is 4.60. The Bertz CT molecular complexity index is 495. The van der Waals surface area contributed by atoms with Gasteiger partial charge in [0.1, 0.15) is 0 Å². The van der Waals surface area contributed by atoms with Crippen LogP contribution in [0.2, 0.25) is 0 Å². The summed E-state index contributed by atoms with van der Waals surface area (Å²) in [6, 6.07) is 13.5. The monoisotopic (exact) mass is 272 g/mol. The Morgan fingerprint density at radius 1 is 1.21 bits per heavy atom. The van der Waals surface area contributed by atoms with Gasteiger partial charge in [-0.2, -0.15) is 11.3 Å². The van der Waals surface area contributed by atoms with Crippen molar-refractivity contribution in [3.05, 3.63) is 58.3 Å². The molecule has 2 heterocycles. The first-order chi connectivity index (χ1) is 9.34. The van der Waals surface area contributed by atoms with Crippen molar-refractivity contribution in [1.82, 2.24) is 4.90 Å². The Morgan fingerprint density at radius 3 is 2.79 bits per heavy atom. The van der Waals surface area contributed by atoms with Crippen LogP contribution in [0.3, 0.4) is 0 Å². The number of hydrogen-bond donors (Lipinski definition) is 1. The lowest BCUT2D eigenvalue weighted by Crippen LogP contribution is -2.45. The minimum atomic E-state index is 0.257. The number of rotatable bonds is 3. The molecule has 2 nitrogen and oxygen atoms in total. The van der Waals surface area contributed by atoms with Crippen LogP contribution < -0.4 is 5.73 Å². The molecule has 0 bridgehead atoms. The van der Waals surface area contributed by atoms with Crippen LogP contribution in [-0.2, 0) is 6.54 Å². The SMILES string of the molecule is NC1CCCN(Cc2ccccc2)C1c1ccsc1. The zero-order chi connectivity index (χ0) is 13.1. The summed E-state index contributed by atoms with van der Waals surface area (Å²) in [6.45, 7) is 2.14. The van der Waals surface area contributed by atoms with Crippen LogP contribution >= 0.6 is 11.3 Å². The molecule has 3 heteroatoms. The molecule has 0 saturated carbocycles. The molecule has 1 aliphatic rings. The molecule has 3 rings (SSSR count). The minimum absolute atomic E-state index is 0.257. The Balaban J connectivity index is 1.81. The van der Waals surface area contributed by atoms with Crippen LogP contribution in [0.1, 0.15) is 30.0 Å². The van der Waals surface area contributed by atoms with Gasteiger partial charge in [0, 0.05) is 12.6 Å². The smallest absolute Gasteiger partial charge is 0.0510 e. The Labute approximate surface area is 118 Å². The van der Waals surface area contributed by atoms with E-state index in [2.05, 4.69) is 52.1 Å². The molecule has 19 heavy (non-hydrogen) atoms. The molecule has 100 valence electrons. The van der Waals surface area contributed by atoms with Crippen LogP contribution in [0.5, 0.6) is 0 Å². The van der Waals surface area contributed by atoms with E-state index in [0.29, 0.717) is 6.04 Å². The molecule has 0 amide bonds. The molecular weight excluding hydrogens is 252 g/mol. The molecule has 0 spiro atoms. The molecule has 1 aliphatic heterocycles. The van der Waals surface area contributed by atoms with Crippen molar-refractivity contribution in [2.75, 3.05) is 6.54 Å². The molecule has 2 atom stereocenters. The summed E-state index contributed by atoms with van der Waals surface area (Å²) in [7, 11) is 0. The lowest BCUT2D eigenvalue weighted by molar-refractivity contribution is 0.121. The molecule has 1 fully saturated rings. The molecule has 2 N–H and O–H groups in total. The second-order valence-electron chi connectivity index (χ2n) is 5.26. The zero-order valence-corrected chi connectivity index (χ0v) is 11.9. The largest absolute Gasteiger partial charge is 0.326 e. The second kappa shape index (κ2) is 5.87. The van der Waals surface area contributed by atoms with Gasteiger partial charge in [0.05, 0.1) is 6.04 Å². The van der Waals surface area contributed by atoms with E-state index in [1.54, 1.807) is 11.3 Å². The van der Waals surface area contributed by atoms with Crippen molar-refractivity contribution in [2.24, 2.45) is 5.73 Å². The summed E-state index contributed by atoms with van der Waals surface area (Å²) < 4.78 is 0. The number of nitrogens with zero attached hydrogens (tertiary/aromatic N) is 1. The lowest BCUT2D eigenvalue weighted by atomic mass is 9.92. The Kier molecular flexibility index (Phi) is 3.97. The average Bonchev–Trinajstić information content (AvgIpc) is 2.94. The first kappa shape index (κ1) is 12.9. The van der Waals surface area contributed by atoms with Crippen LogP contribution in [0.15, 0.2) is 47.2 Å². The first-order valence-corrected chi connectivity index (χ1v) is 7.84. The summed E-state index contributed by atoms with van der Waals surface area (Å²) in [5.41, 5.74) is 9.13. The van der Waals surface area contributed by atoms with E-state index in [1.807, 2.05) is 0 Å². The van der Waals surface area contributed by atoms with E-state index in [9.17, 15) is 0 Å². The van der Waals surface area contributed by atoms with Gasteiger partial charge in [0.2, 0.25) is 0 Å². The van der Waals surface area contributed by atoms with Crippen molar-refractivity contribution in [1.29, 1.82) is 0 Å². The fourth-order valence-corrected chi connectivity index (χ4v) is 3.68. The molecule has 0 radical (unpaired) electrons. The quantitative estimate of drug-likeness (QED) is 0.927. The first-order valence-electron chi connectivity index (χ1n) is 6.90. The molecule has 1 aromatic carbocycles. The lowest BCUT2D eigenvalue weighted by Gasteiger charge is -2.39. The summed E-state index contributed by atoms with van der Waals surface area (Å²) in [5, 5.41) is 4.39. The van der Waals surface area contributed by atoms with Crippen molar-refractivity contribution in [3.63, 3.8) is 0 Å². The number of thiophene rings is 1. The minimum Gasteiger partial charge on any atom is -0.326 e. The fraction of sp³-hybridized carbons (Fsp3) is 0.375. The topological polar surface area (TPSA) is 29.3 Å². The van der Waals surface area contributed by atoms with Crippen LogP contribution in [-0.4, -0.2) is 17.5 Å². The molecule has 0 aliphatic carbocycles. The highest BCUT2D eigenvalue weighted by Gasteiger charge is 2.30. The van der Waals surface area contributed by atoms with E-state index in [-0.39, 0.29) is 6.04 Å².